The Morgan fingerprint density at radius 1 is 1.43 bits per heavy atom. The van der Waals surface area contributed by atoms with Gasteiger partial charge in [0.15, 0.2) is 5.82 Å². The molecule has 0 aliphatic rings. The first-order valence-corrected chi connectivity index (χ1v) is 7.50. The zero-order chi connectivity index (χ0) is 15.4. The minimum absolute atomic E-state index is 0.193. The molecule has 1 aromatic heterocycles. The molecule has 0 saturated carbocycles. The van der Waals surface area contributed by atoms with Crippen LogP contribution in [0.15, 0.2) is 39.9 Å². The fourth-order valence-corrected chi connectivity index (χ4v) is 2.37. The van der Waals surface area contributed by atoms with Gasteiger partial charge in [0.25, 0.3) is 5.56 Å². The van der Waals surface area contributed by atoms with Crippen LogP contribution in [0.4, 0.5) is 10.2 Å². The molecule has 0 fully saturated rings. The number of hydrogen-bond donors (Lipinski definition) is 1. The highest BCUT2D eigenvalue weighted by Crippen LogP contribution is 2.16. The van der Waals surface area contributed by atoms with E-state index in [1.807, 2.05) is 13.8 Å². The fraction of sp³-hybridized carbons (Fsp3) is 0.333. The maximum absolute atomic E-state index is 13.7. The molecule has 4 nitrogen and oxygen atoms in total. The molecule has 2 aromatic rings. The van der Waals surface area contributed by atoms with Crippen molar-refractivity contribution in [1.82, 2.24) is 9.55 Å². The summed E-state index contributed by atoms with van der Waals surface area (Å²) < 4.78 is 16.1. The van der Waals surface area contributed by atoms with E-state index in [4.69, 9.17) is 0 Å². The number of aromatic nitrogens is 2. The van der Waals surface area contributed by atoms with Gasteiger partial charge in [0.05, 0.1) is 0 Å². The predicted octanol–water partition coefficient (Wildman–Crippen LogP) is 3.41. The van der Waals surface area contributed by atoms with E-state index in [9.17, 15) is 9.18 Å². The van der Waals surface area contributed by atoms with Crippen LogP contribution in [0.3, 0.4) is 0 Å². The van der Waals surface area contributed by atoms with Crippen molar-refractivity contribution in [2.45, 2.75) is 26.9 Å². The van der Waals surface area contributed by atoms with Crippen LogP contribution in [0.1, 0.15) is 19.4 Å². The maximum atomic E-state index is 13.7. The third-order valence-electron chi connectivity index (χ3n) is 2.93. The van der Waals surface area contributed by atoms with E-state index < -0.39 is 0 Å². The zero-order valence-electron chi connectivity index (χ0n) is 11.9. The highest BCUT2D eigenvalue weighted by Gasteiger charge is 2.08. The fourth-order valence-electron chi connectivity index (χ4n) is 1.96. The van der Waals surface area contributed by atoms with Gasteiger partial charge in [-0.25, -0.2) is 9.37 Å². The summed E-state index contributed by atoms with van der Waals surface area (Å²) >= 11 is 3.30. The molecular weight excluding hydrogens is 337 g/mol. The number of hydrogen-bond acceptors (Lipinski definition) is 3. The van der Waals surface area contributed by atoms with Crippen LogP contribution in [0.25, 0.3) is 0 Å². The second kappa shape index (κ2) is 6.85. The Labute approximate surface area is 131 Å². The van der Waals surface area contributed by atoms with Crippen molar-refractivity contribution in [2.24, 2.45) is 5.92 Å². The molecule has 0 aliphatic heterocycles. The molecular formula is C15H17BrFN3O. The summed E-state index contributed by atoms with van der Waals surface area (Å²) in [5, 5.41) is 2.91. The standard InChI is InChI=1S/C15H17BrFN3O/c1-10(2)9-20-6-5-18-14(15(20)21)19-8-11-7-12(16)3-4-13(11)17/h3-7,10H,8-9H2,1-2H3,(H,18,19). The van der Waals surface area contributed by atoms with Gasteiger partial charge in [-0.05, 0) is 24.1 Å². The molecule has 6 heteroatoms. The Bertz CT molecular complexity index is 685. The predicted molar refractivity (Wildman–Crippen MR) is 84.8 cm³/mol. The van der Waals surface area contributed by atoms with Gasteiger partial charge < -0.3 is 9.88 Å². The second-order valence-corrected chi connectivity index (χ2v) is 6.13. The van der Waals surface area contributed by atoms with Crippen molar-refractivity contribution in [3.63, 3.8) is 0 Å². The molecule has 0 radical (unpaired) electrons. The van der Waals surface area contributed by atoms with Gasteiger partial charge in [0.2, 0.25) is 0 Å². The van der Waals surface area contributed by atoms with Gasteiger partial charge in [0.1, 0.15) is 5.82 Å². The first-order valence-electron chi connectivity index (χ1n) is 6.70. The SMILES string of the molecule is CC(C)Cn1ccnc(NCc2cc(Br)ccc2F)c1=O. The van der Waals surface area contributed by atoms with E-state index >= 15 is 0 Å². The van der Waals surface area contributed by atoms with E-state index in [1.165, 1.54) is 6.07 Å². The summed E-state index contributed by atoms with van der Waals surface area (Å²) in [6, 6.07) is 4.70. The summed E-state index contributed by atoms with van der Waals surface area (Å²) in [4.78, 5) is 16.2. The van der Waals surface area contributed by atoms with Gasteiger partial charge in [-0.15, -0.1) is 0 Å². The highest BCUT2D eigenvalue weighted by molar-refractivity contribution is 9.10. The van der Waals surface area contributed by atoms with Gasteiger partial charge in [-0.2, -0.15) is 0 Å². The Hall–Kier alpha value is -1.69. The molecule has 1 heterocycles. The quantitative estimate of drug-likeness (QED) is 0.895. The molecule has 1 aromatic carbocycles. The van der Waals surface area contributed by atoms with E-state index in [-0.39, 0.29) is 23.7 Å². The molecule has 0 spiro atoms. The van der Waals surface area contributed by atoms with E-state index in [0.29, 0.717) is 18.0 Å². The van der Waals surface area contributed by atoms with E-state index in [1.54, 1.807) is 29.1 Å². The first-order chi connectivity index (χ1) is 9.97. The summed E-state index contributed by atoms with van der Waals surface area (Å²) in [6.45, 7) is 4.91. The second-order valence-electron chi connectivity index (χ2n) is 5.22. The van der Waals surface area contributed by atoms with Crippen molar-refractivity contribution in [2.75, 3.05) is 5.32 Å². The van der Waals surface area contributed by atoms with Crippen LogP contribution < -0.4 is 10.9 Å². The first kappa shape index (κ1) is 15.7. The van der Waals surface area contributed by atoms with Crippen molar-refractivity contribution >= 4 is 21.7 Å². The molecule has 0 amide bonds. The number of rotatable bonds is 5. The monoisotopic (exact) mass is 353 g/mol. The summed E-state index contributed by atoms with van der Waals surface area (Å²) in [5.74, 6) is 0.280. The van der Waals surface area contributed by atoms with E-state index in [0.717, 1.165) is 4.47 Å². The van der Waals surface area contributed by atoms with Crippen molar-refractivity contribution in [1.29, 1.82) is 0 Å². The highest BCUT2D eigenvalue weighted by atomic mass is 79.9. The molecule has 0 aliphatic carbocycles. The molecule has 0 atom stereocenters. The third kappa shape index (κ3) is 4.14. The largest absolute Gasteiger partial charge is 0.361 e. The summed E-state index contributed by atoms with van der Waals surface area (Å²) in [6.07, 6.45) is 3.23. The lowest BCUT2D eigenvalue weighted by Crippen LogP contribution is -2.26. The van der Waals surface area contributed by atoms with Gasteiger partial charge in [-0.3, -0.25) is 4.79 Å². The minimum atomic E-state index is -0.316. The lowest BCUT2D eigenvalue weighted by molar-refractivity contribution is 0.509. The van der Waals surface area contributed by atoms with Crippen LogP contribution in [-0.4, -0.2) is 9.55 Å². The molecule has 0 bridgehead atoms. The smallest absolute Gasteiger partial charge is 0.293 e. The third-order valence-corrected chi connectivity index (χ3v) is 3.42. The van der Waals surface area contributed by atoms with Crippen LogP contribution in [0.2, 0.25) is 0 Å². The molecule has 112 valence electrons. The molecule has 21 heavy (non-hydrogen) atoms. The van der Waals surface area contributed by atoms with Crippen LogP contribution in [0.5, 0.6) is 0 Å². The minimum Gasteiger partial charge on any atom is -0.361 e. The average molecular weight is 354 g/mol. The van der Waals surface area contributed by atoms with Crippen LogP contribution in [-0.2, 0) is 13.1 Å². The number of nitrogens with zero attached hydrogens (tertiary/aromatic N) is 2. The Balaban J connectivity index is 2.17. The van der Waals surface area contributed by atoms with E-state index in [2.05, 4.69) is 26.2 Å². The van der Waals surface area contributed by atoms with Crippen molar-refractivity contribution in [3.05, 3.63) is 56.8 Å². The topological polar surface area (TPSA) is 46.9 Å². The van der Waals surface area contributed by atoms with Gasteiger partial charge in [-0.1, -0.05) is 29.8 Å². The normalized spacial score (nSPS) is 10.9. The Kier molecular flexibility index (Phi) is 5.12. The number of nitrogens with one attached hydrogen (secondary N) is 1. The molecule has 0 unspecified atom stereocenters. The maximum Gasteiger partial charge on any atom is 0.293 e. The van der Waals surface area contributed by atoms with Crippen LogP contribution in [0, 0.1) is 11.7 Å². The Morgan fingerprint density at radius 3 is 2.90 bits per heavy atom. The van der Waals surface area contributed by atoms with Crippen molar-refractivity contribution in [3.8, 4) is 0 Å². The van der Waals surface area contributed by atoms with Gasteiger partial charge >= 0.3 is 0 Å². The van der Waals surface area contributed by atoms with Gasteiger partial charge in [0, 0.05) is 35.5 Å². The number of halogens is 2. The zero-order valence-corrected chi connectivity index (χ0v) is 13.5. The molecule has 2 rings (SSSR count). The molecule has 0 saturated heterocycles. The Morgan fingerprint density at radius 2 is 2.19 bits per heavy atom. The average Bonchev–Trinajstić information content (AvgIpc) is 2.43. The van der Waals surface area contributed by atoms with Crippen molar-refractivity contribution < 1.29 is 4.39 Å². The van der Waals surface area contributed by atoms with Crippen LogP contribution >= 0.6 is 15.9 Å². The number of benzene rings is 1. The summed E-state index contributed by atoms with van der Waals surface area (Å²) in [5.41, 5.74) is 0.284. The lowest BCUT2D eigenvalue weighted by atomic mass is 10.2. The lowest BCUT2D eigenvalue weighted by Gasteiger charge is -2.11. The number of anilines is 1. The summed E-state index contributed by atoms with van der Waals surface area (Å²) in [7, 11) is 0. The molecule has 1 N–H and O–H groups in total.